The van der Waals surface area contributed by atoms with E-state index in [1.165, 1.54) is 38.5 Å². The quantitative estimate of drug-likeness (QED) is 0.447. The molecule has 2 rings (SSSR count). The van der Waals surface area contributed by atoms with Crippen molar-refractivity contribution < 1.29 is 57.7 Å². The zero-order valence-electron chi connectivity index (χ0n) is 10.5. The van der Waals surface area contributed by atoms with Crippen LogP contribution in [0.15, 0.2) is 22.8 Å². The van der Waals surface area contributed by atoms with Gasteiger partial charge in [-0.1, -0.05) is 0 Å². The van der Waals surface area contributed by atoms with E-state index < -0.39 is 0 Å². The Labute approximate surface area is 136 Å². The average molecular weight is 330 g/mol. The second kappa shape index (κ2) is 8.28. The maximum Gasteiger partial charge on any atom is -1.00 e. The van der Waals surface area contributed by atoms with Crippen molar-refractivity contribution in [3.05, 3.63) is 22.8 Å². The van der Waals surface area contributed by atoms with Crippen molar-refractivity contribution in [3.63, 3.8) is 0 Å². The summed E-state index contributed by atoms with van der Waals surface area (Å²) in [5, 5.41) is 0. The van der Waals surface area contributed by atoms with Gasteiger partial charge in [-0.2, -0.15) is 0 Å². The maximum atomic E-state index is 2.51. The van der Waals surface area contributed by atoms with Crippen molar-refractivity contribution >= 4 is 0 Å². The number of allylic oxidation sites excluding steroid dienone is 4. The zero-order chi connectivity index (χ0) is 10.2. The molecule has 0 amide bonds. The molecule has 0 N–H and O–H groups in total. The maximum absolute atomic E-state index is 2.51. The second-order valence-corrected chi connectivity index (χ2v) is 5.83. The molecule has 2 aliphatic rings. The van der Waals surface area contributed by atoms with Gasteiger partial charge in [0.05, 0.1) is 0 Å². The van der Waals surface area contributed by atoms with E-state index >= 15 is 0 Å². The van der Waals surface area contributed by atoms with Gasteiger partial charge in [0.25, 0.3) is 0 Å². The molecule has 0 saturated carbocycles. The molecule has 0 aromatic rings. The smallest absolute Gasteiger partial charge is 1.00 e. The van der Waals surface area contributed by atoms with E-state index in [0.29, 0.717) is 3.72 Å². The Morgan fingerprint density at radius 3 is 2.24 bits per heavy atom. The van der Waals surface area contributed by atoms with Crippen LogP contribution in [0.25, 0.3) is 0 Å². The van der Waals surface area contributed by atoms with Crippen LogP contribution in [0.2, 0.25) is 3.72 Å². The molecule has 0 fully saturated rings. The monoisotopic (exact) mass is 328 g/mol. The third kappa shape index (κ3) is 3.54. The molecule has 1 unspecified atom stereocenters. The SMILES string of the molecule is CCC1=CC2=C(CCCC2)[C]1([Ti+3])CC.[Cl-].[Cl-].[Cl-]. The molecule has 0 spiro atoms. The van der Waals surface area contributed by atoms with Crippen LogP contribution < -0.4 is 37.2 Å². The van der Waals surface area contributed by atoms with E-state index in [1.807, 2.05) is 0 Å². The minimum Gasteiger partial charge on any atom is -1.00 e. The molecular weight excluding hydrogens is 310 g/mol. The Hall–Kier alpha value is 1.06. The van der Waals surface area contributed by atoms with Crippen LogP contribution in [0.3, 0.4) is 0 Å². The number of rotatable bonds is 2. The predicted octanol–water partition coefficient (Wildman–Crippen LogP) is -4.67. The van der Waals surface area contributed by atoms with Gasteiger partial charge in [0.2, 0.25) is 0 Å². The summed E-state index contributed by atoms with van der Waals surface area (Å²) >= 11 is 2.45. The Bertz CT molecular complexity index is 310. The molecule has 4 heteroatoms. The Balaban J connectivity index is 0. The molecule has 0 aromatic heterocycles. The average Bonchev–Trinajstić information content (AvgIpc) is 2.53. The van der Waals surface area contributed by atoms with E-state index in [-0.39, 0.29) is 37.2 Å². The predicted molar refractivity (Wildman–Crippen MR) is 56.9 cm³/mol. The van der Waals surface area contributed by atoms with Crippen molar-refractivity contribution in [2.24, 2.45) is 0 Å². The van der Waals surface area contributed by atoms with Gasteiger partial charge in [-0.15, -0.1) is 0 Å². The standard InChI is InChI=1S/C13H19.3ClH.Ti/c1-3-10-9-11-7-5-6-8-13(11)12(10)4-2;;;;/h9H,3-8H2,1-2H3;3*1H;/q;;;;+3/p-3. The summed E-state index contributed by atoms with van der Waals surface area (Å²) < 4.78 is 0.435. The van der Waals surface area contributed by atoms with Crippen molar-refractivity contribution in [1.82, 2.24) is 0 Å². The van der Waals surface area contributed by atoms with Crippen LogP contribution in [0.5, 0.6) is 0 Å². The van der Waals surface area contributed by atoms with E-state index in [1.54, 1.807) is 16.7 Å². The van der Waals surface area contributed by atoms with E-state index in [2.05, 4.69) is 40.4 Å². The van der Waals surface area contributed by atoms with Crippen LogP contribution in [0, 0.1) is 0 Å². The van der Waals surface area contributed by atoms with Crippen molar-refractivity contribution in [3.8, 4) is 0 Å². The fraction of sp³-hybridized carbons (Fsp3) is 0.692. The molecule has 0 bridgehead atoms. The van der Waals surface area contributed by atoms with Gasteiger partial charge < -0.3 is 37.2 Å². The van der Waals surface area contributed by atoms with Crippen molar-refractivity contribution in [1.29, 1.82) is 0 Å². The topological polar surface area (TPSA) is 0 Å². The summed E-state index contributed by atoms with van der Waals surface area (Å²) in [6.07, 6.45) is 10.6. The molecule has 0 saturated heterocycles. The van der Waals surface area contributed by atoms with Crippen LogP contribution in [-0.2, 0) is 20.4 Å². The summed E-state index contributed by atoms with van der Waals surface area (Å²) in [7, 11) is 0. The number of halogens is 3. The number of hydrogen-bond acceptors (Lipinski definition) is 0. The summed E-state index contributed by atoms with van der Waals surface area (Å²) in [6.45, 7) is 4.65. The van der Waals surface area contributed by atoms with Gasteiger partial charge in [0.15, 0.2) is 0 Å². The molecule has 2 aliphatic carbocycles. The van der Waals surface area contributed by atoms with Gasteiger partial charge in [-0.25, -0.2) is 0 Å². The first-order valence-electron chi connectivity index (χ1n) is 5.91. The fourth-order valence-electron chi connectivity index (χ4n) is 2.95. The van der Waals surface area contributed by atoms with Crippen molar-refractivity contribution in [2.45, 2.75) is 56.1 Å². The van der Waals surface area contributed by atoms with E-state index in [9.17, 15) is 0 Å². The van der Waals surface area contributed by atoms with Crippen molar-refractivity contribution in [2.75, 3.05) is 0 Å². The first-order valence-corrected chi connectivity index (χ1v) is 6.69. The zero-order valence-corrected chi connectivity index (χ0v) is 14.3. The minimum absolute atomic E-state index is 0. The third-order valence-electron chi connectivity index (χ3n) is 3.83. The van der Waals surface area contributed by atoms with Crippen LogP contribution in [0.1, 0.15) is 52.4 Å². The molecule has 0 aliphatic heterocycles. The number of hydrogen-bond donors (Lipinski definition) is 0. The fourth-order valence-corrected chi connectivity index (χ4v) is 3.78. The summed E-state index contributed by atoms with van der Waals surface area (Å²) in [5.74, 6) is 0. The molecule has 0 aromatic carbocycles. The third-order valence-corrected chi connectivity index (χ3v) is 5.36. The van der Waals surface area contributed by atoms with Gasteiger partial charge >= 0.3 is 99.3 Å². The Morgan fingerprint density at radius 2 is 1.71 bits per heavy atom. The molecule has 0 radical (unpaired) electrons. The first kappa shape index (κ1) is 20.4. The summed E-state index contributed by atoms with van der Waals surface area (Å²) in [6, 6.07) is 0. The molecule has 0 nitrogen and oxygen atoms in total. The Morgan fingerprint density at radius 1 is 1.12 bits per heavy atom. The normalized spacial score (nSPS) is 26.2. The van der Waals surface area contributed by atoms with Gasteiger partial charge in [0.1, 0.15) is 0 Å². The van der Waals surface area contributed by atoms with E-state index in [0.717, 1.165) is 0 Å². The second-order valence-electron chi connectivity index (χ2n) is 4.49. The molecule has 0 heterocycles. The Kier molecular flexibility index (Phi) is 9.93. The molecule has 17 heavy (non-hydrogen) atoms. The van der Waals surface area contributed by atoms with Crippen LogP contribution in [-0.4, -0.2) is 0 Å². The van der Waals surface area contributed by atoms with Gasteiger partial charge in [0, 0.05) is 0 Å². The van der Waals surface area contributed by atoms with E-state index in [4.69, 9.17) is 0 Å². The van der Waals surface area contributed by atoms with Crippen LogP contribution in [0.4, 0.5) is 0 Å². The molecule has 1 atom stereocenters. The first-order chi connectivity index (χ1) is 6.72. The molecule has 96 valence electrons. The summed E-state index contributed by atoms with van der Waals surface area (Å²) in [5.41, 5.74) is 5.16. The van der Waals surface area contributed by atoms with Gasteiger partial charge in [-0.05, 0) is 0 Å². The largest absolute Gasteiger partial charge is 1.00 e. The van der Waals surface area contributed by atoms with Gasteiger partial charge in [-0.3, -0.25) is 0 Å². The van der Waals surface area contributed by atoms with Crippen LogP contribution >= 0.6 is 0 Å². The minimum atomic E-state index is 0. The molecular formula is C13H19Cl3Ti. The summed E-state index contributed by atoms with van der Waals surface area (Å²) in [4.78, 5) is 0.